The van der Waals surface area contributed by atoms with Crippen molar-refractivity contribution in [1.29, 1.82) is 0 Å². The number of rotatable bonds is 8. The van der Waals surface area contributed by atoms with Crippen LogP contribution in [0.2, 0.25) is 5.02 Å². The number of anilines is 2. The molecule has 0 amide bonds. The number of hydrogen-bond donors (Lipinski definition) is 2. The van der Waals surface area contributed by atoms with Crippen molar-refractivity contribution in [2.75, 3.05) is 11.9 Å². The number of nitrogens with one attached hydrogen (secondary N) is 1. The Balaban J connectivity index is 1.26. The van der Waals surface area contributed by atoms with Crippen molar-refractivity contribution in [2.24, 2.45) is 0 Å². The summed E-state index contributed by atoms with van der Waals surface area (Å²) in [5.74, 6) is 0.941. The summed E-state index contributed by atoms with van der Waals surface area (Å²) in [5, 5.41) is 18.6. The molecule has 0 spiro atoms. The lowest BCUT2D eigenvalue weighted by Gasteiger charge is -2.16. The van der Waals surface area contributed by atoms with E-state index in [1.54, 1.807) is 41.9 Å². The average molecular weight is 536 g/mol. The molecule has 0 fully saturated rings. The second-order valence-electron chi connectivity index (χ2n) is 8.81. The van der Waals surface area contributed by atoms with Gasteiger partial charge in [-0.3, -0.25) is 4.68 Å². The Morgan fingerprint density at radius 3 is 2.92 bits per heavy atom. The molecule has 2 N–H and O–H groups in total. The molecule has 0 unspecified atom stereocenters. The lowest BCUT2D eigenvalue weighted by Crippen LogP contribution is -2.10. The van der Waals surface area contributed by atoms with Crippen LogP contribution in [0.4, 0.5) is 15.9 Å². The third-order valence-corrected chi connectivity index (χ3v) is 7.87. The second-order valence-corrected chi connectivity index (χ2v) is 10.2. The van der Waals surface area contributed by atoms with E-state index in [1.807, 2.05) is 16.9 Å². The van der Waals surface area contributed by atoms with E-state index in [9.17, 15) is 9.50 Å². The van der Waals surface area contributed by atoms with E-state index in [-0.39, 0.29) is 19.0 Å². The zero-order valence-electron chi connectivity index (χ0n) is 19.7. The first-order valence-electron chi connectivity index (χ1n) is 12.0. The number of benzene rings is 2. The number of aliphatic hydroxyl groups excluding tert-OH is 1. The van der Waals surface area contributed by atoms with Gasteiger partial charge in [-0.25, -0.2) is 14.4 Å². The first kappa shape index (κ1) is 23.8. The van der Waals surface area contributed by atoms with Crippen molar-refractivity contribution < 1.29 is 14.2 Å². The smallest absolute Gasteiger partial charge is 0.142 e. The lowest BCUT2D eigenvalue weighted by atomic mass is 9.95. The molecule has 0 radical (unpaired) electrons. The molecule has 3 heterocycles. The number of halogens is 2. The SMILES string of the molecule is OCCCn1ncc2c1CCc1c-2sc2ncnc(Nc3ccc(OCc4cccc(F)c4)c(Cl)c3)c12. The van der Waals surface area contributed by atoms with Gasteiger partial charge >= 0.3 is 0 Å². The second kappa shape index (κ2) is 10.1. The summed E-state index contributed by atoms with van der Waals surface area (Å²) in [6, 6.07) is 11.8. The van der Waals surface area contributed by atoms with E-state index in [1.165, 1.54) is 28.3 Å². The fraction of sp³-hybridized carbons (Fsp3) is 0.222. The maximum atomic E-state index is 13.4. The molecule has 10 heteroatoms. The monoisotopic (exact) mass is 535 g/mol. The molecule has 188 valence electrons. The van der Waals surface area contributed by atoms with Gasteiger partial charge in [0.15, 0.2) is 0 Å². The Labute approximate surface area is 221 Å². The summed E-state index contributed by atoms with van der Waals surface area (Å²) in [4.78, 5) is 11.2. The van der Waals surface area contributed by atoms with Crippen molar-refractivity contribution in [3.63, 3.8) is 0 Å². The van der Waals surface area contributed by atoms with E-state index < -0.39 is 0 Å². The van der Waals surface area contributed by atoms with Crippen molar-refractivity contribution in [3.8, 4) is 16.2 Å². The van der Waals surface area contributed by atoms with Crippen molar-refractivity contribution in [2.45, 2.75) is 32.4 Å². The molecular weight excluding hydrogens is 513 g/mol. The molecule has 6 rings (SSSR count). The molecule has 5 aromatic rings. The molecule has 7 nitrogen and oxygen atoms in total. The van der Waals surface area contributed by atoms with E-state index in [0.717, 1.165) is 45.7 Å². The minimum atomic E-state index is -0.301. The van der Waals surface area contributed by atoms with Gasteiger partial charge in [-0.1, -0.05) is 23.7 Å². The summed E-state index contributed by atoms with van der Waals surface area (Å²) >= 11 is 8.15. The van der Waals surface area contributed by atoms with Crippen molar-refractivity contribution in [3.05, 3.63) is 82.6 Å². The van der Waals surface area contributed by atoms with Crippen LogP contribution in [0, 0.1) is 5.82 Å². The molecule has 1 aliphatic carbocycles. The van der Waals surface area contributed by atoms with E-state index in [2.05, 4.69) is 20.4 Å². The van der Waals surface area contributed by atoms with Gasteiger partial charge in [0.1, 0.15) is 35.1 Å². The summed E-state index contributed by atoms with van der Waals surface area (Å²) in [5.41, 5.74) is 5.06. The minimum Gasteiger partial charge on any atom is -0.487 e. The number of thiophene rings is 1. The highest BCUT2D eigenvalue weighted by molar-refractivity contribution is 7.22. The maximum absolute atomic E-state index is 13.4. The van der Waals surface area contributed by atoms with Crippen LogP contribution in [0.1, 0.15) is 23.2 Å². The molecule has 0 saturated heterocycles. The van der Waals surface area contributed by atoms with Crippen molar-refractivity contribution in [1.82, 2.24) is 19.7 Å². The van der Waals surface area contributed by atoms with Gasteiger partial charge in [-0.15, -0.1) is 11.3 Å². The van der Waals surface area contributed by atoms with Gasteiger partial charge < -0.3 is 15.2 Å². The Morgan fingerprint density at radius 1 is 1.16 bits per heavy atom. The zero-order valence-corrected chi connectivity index (χ0v) is 21.3. The summed E-state index contributed by atoms with van der Waals surface area (Å²) in [7, 11) is 0. The number of nitrogens with zero attached hydrogens (tertiary/aromatic N) is 4. The third kappa shape index (κ3) is 4.66. The molecule has 2 aromatic carbocycles. The zero-order chi connectivity index (χ0) is 25.4. The molecule has 1 aliphatic rings. The lowest BCUT2D eigenvalue weighted by molar-refractivity contribution is 0.276. The molecular formula is C27H23ClFN5O2S. The Hall–Kier alpha value is -3.53. The van der Waals surface area contributed by atoms with Gasteiger partial charge in [-0.05, 0) is 60.7 Å². The van der Waals surface area contributed by atoms with Crippen LogP contribution in [0.5, 0.6) is 5.75 Å². The van der Waals surface area contributed by atoms with Gasteiger partial charge in [0.05, 0.1) is 16.6 Å². The summed E-state index contributed by atoms with van der Waals surface area (Å²) in [6.45, 7) is 1.08. The quantitative estimate of drug-likeness (QED) is 0.248. The fourth-order valence-corrected chi connectivity index (χ4v) is 6.14. The molecule has 0 saturated carbocycles. The Kier molecular flexibility index (Phi) is 6.50. The summed E-state index contributed by atoms with van der Waals surface area (Å²) < 4.78 is 21.2. The van der Waals surface area contributed by atoms with Crippen LogP contribution in [0.3, 0.4) is 0 Å². The number of aliphatic hydroxyl groups is 1. The largest absolute Gasteiger partial charge is 0.487 e. The van der Waals surface area contributed by atoms with E-state index in [4.69, 9.17) is 16.3 Å². The molecule has 0 atom stereocenters. The number of aryl methyl sites for hydroxylation is 2. The highest BCUT2D eigenvalue weighted by Crippen LogP contribution is 2.45. The molecule has 0 bridgehead atoms. The molecule has 3 aromatic heterocycles. The molecule has 37 heavy (non-hydrogen) atoms. The minimum absolute atomic E-state index is 0.150. The van der Waals surface area contributed by atoms with Gasteiger partial charge in [-0.2, -0.15) is 5.10 Å². The predicted octanol–water partition coefficient (Wildman–Crippen LogP) is 6.15. The van der Waals surface area contributed by atoms with E-state index >= 15 is 0 Å². The summed E-state index contributed by atoms with van der Waals surface area (Å²) in [6.07, 6.45) is 5.91. The number of hydrogen-bond acceptors (Lipinski definition) is 7. The number of aromatic nitrogens is 4. The van der Waals surface area contributed by atoms with Gasteiger partial charge in [0.2, 0.25) is 0 Å². The van der Waals surface area contributed by atoms with Crippen LogP contribution < -0.4 is 10.1 Å². The van der Waals surface area contributed by atoms with Crippen LogP contribution in [0.15, 0.2) is 55.0 Å². The van der Waals surface area contributed by atoms with E-state index in [0.29, 0.717) is 23.7 Å². The maximum Gasteiger partial charge on any atom is 0.142 e. The highest BCUT2D eigenvalue weighted by atomic mass is 35.5. The van der Waals surface area contributed by atoms with Crippen LogP contribution >= 0.6 is 22.9 Å². The van der Waals surface area contributed by atoms with Crippen LogP contribution in [0.25, 0.3) is 20.7 Å². The van der Waals surface area contributed by atoms with Crippen LogP contribution in [-0.4, -0.2) is 31.5 Å². The fourth-order valence-electron chi connectivity index (χ4n) is 4.68. The van der Waals surface area contributed by atoms with Crippen LogP contribution in [-0.2, 0) is 26.0 Å². The van der Waals surface area contributed by atoms with Crippen molar-refractivity contribution >= 4 is 44.7 Å². The number of fused-ring (bicyclic) bond motifs is 5. The first-order valence-corrected chi connectivity index (χ1v) is 13.2. The number of ether oxygens (including phenoxy) is 1. The predicted molar refractivity (Wildman–Crippen MR) is 143 cm³/mol. The first-order chi connectivity index (χ1) is 18.1. The third-order valence-electron chi connectivity index (χ3n) is 6.40. The standard InChI is InChI=1S/C27H23ClFN5O2S/c28-21-12-18(5-8-23(21)36-14-16-3-1-4-17(29)11-16)33-26-24-19-6-7-22-20(13-32-34(22)9-2-10-35)25(19)37-27(24)31-15-30-26/h1,3-5,8,11-13,15,35H,2,6-7,9-10,14H2,(H,30,31,33). The normalized spacial score (nSPS) is 12.4. The van der Waals surface area contributed by atoms with Gasteiger partial charge in [0, 0.05) is 35.0 Å². The Bertz CT molecular complexity index is 1600. The van der Waals surface area contributed by atoms with Gasteiger partial charge in [0.25, 0.3) is 0 Å². The Morgan fingerprint density at radius 2 is 2.08 bits per heavy atom. The average Bonchev–Trinajstić information content (AvgIpc) is 3.49. The molecule has 0 aliphatic heterocycles. The topological polar surface area (TPSA) is 85.1 Å². The highest BCUT2D eigenvalue weighted by Gasteiger charge is 2.26.